The molecule has 1 aliphatic rings. The van der Waals surface area contributed by atoms with Crippen LogP contribution in [0.1, 0.15) is 38.2 Å². The van der Waals surface area contributed by atoms with Crippen LogP contribution >= 0.6 is 15.9 Å². The molecule has 2 nitrogen and oxygen atoms in total. The molecule has 1 saturated carbocycles. The molecule has 2 rings (SSSR count). The van der Waals surface area contributed by atoms with Gasteiger partial charge in [-0.15, -0.1) is 0 Å². The van der Waals surface area contributed by atoms with Crippen LogP contribution in [0.3, 0.4) is 0 Å². The Morgan fingerprint density at radius 1 is 1.41 bits per heavy atom. The first-order valence-corrected chi connectivity index (χ1v) is 7.17. The van der Waals surface area contributed by atoms with Gasteiger partial charge in [0.1, 0.15) is 5.75 Å². The zero-order valence-corrected chi connectivity index (χ0v) is 11.8. The number of rotatable bonds is 4. The average molecular weight is 298 g/mol. The molecule has 0 aromatic heterocycles. The molecule has 1 aromatic rings. The normalized spacial score (nSPS) is 18.5. The van der Waals surface area contributed by atoms with E-state index in [2.05, 4.69) is 28.2 Å². The van der Waals surface area contributed by atoms with E-state index in [9.17, 15) is 5.11 Å². The highest BCUT2D eigenvalue weighted by Crippen LogP contribution is 2.28. The fourth-order valence-corrected chi connectivity index (χ4v) is 2.99. The molecule has 0 heterocycles. The van der Waals surface area contributed by atoms with Crippen LogP contribution in [0.4, 0.5) is 0 Å². The summed E-state index contributed by atoms with van der Waals surface area (Å²) in [5.74, 6) is 1.15. The number of nitrogens with one attached hydrogen (secondary N) is 1. The molecule has 1 aliphatic carbocycles. The highest BCUT2D eigenvalue weighted by molar-refractivity contribution is 9.10. The van der Waals surface area contributed by atoms with Crippen molar-refractivity contribution >= 4 is 15.9 Å². The summed E-state index contributed by atoms with van der Waals surface area (Å²) in [6.07, 6.45) is 5.52. The molecule has 0 radical (unpaired) electrons. The third-order valence-electron chi connectivity index (χ3n) is 3.75. The summed E-state index contributed by atoms with van der Waals surface area (Å²) in [4.78, 5) is 0. The van der Waals surface area contributed by atoms with Crippen LogP contribution in [0, 0.1) is 5.92 Å². The lowest BCUT2D eigenvalue weighted by Crippen LogP contribution is -2.31. The molecule has 0 saturated heterocycles. The van der Waals surface area contributed by atoms with E-state index in [1.54, 1.807) is 6.07 Å². The smallest absolute Gasteiger partial charge is 0.129 e. The number of halogens is 1. The number of phenols is 1. The zero-order chi connectivity index (χ0) is 12.3. The Hall–Kier alpha value is -0.540. The number of hydrogen-bond donors (Lipinski definition) is 2. The van der Waals surface area contributed by atoms with Gasteiger partial charge in [-0.05, 0) is 59.3 Å². The van der Waals surface area contributed by atoms with E-state index < -0.39 is 0 Å². The molecule has 0 aliphatic heterocycles. The van der Waals surface area contributed by atoms with Crippen molar-refractivity contribution in [1.29, 1.82) is 0 Å². The Kier molecular flexibility index (Phi) is 4.46. The number of benzene rings is 1. The summed E-state index contributed by atoms with van der Waals surface area (Å²) >= 11 is 3.34. The number of phenolic OH excluding ortho intramolecular Hbond substituents is 1. The van der Waals surface area contributed by atoms with E-state index >= 15 is 0 Å². The van der Waals surface area contributed by atoms with Gasteiger partial charge in [-0.2, -0.15) is 0 Å². The van der Waals surface area contributed by atoms with Crippen LogP contribution in [-0.4, -0.2) is 11.1 Å². The highest BCUT2D eigenvalue weighted by atomic mass is 79.9. The summed E-state index contributed by atoms with van der Waals surface area (Å²) in [7, 11) is 0. The highest BCUT2D eigenvalue weighted by Gasteiger charge is 2.20. The lowest BCUT2D eigenvalue weighted by atomic mass is 9.99. The first kappa shape index (κ1) is 12.9. The van der Waals surface area contributed by atoms with E-state index in [-0.39, 0.29) is 0 Å². The summed E-state index contributed by atoms with van der Waals surface area (Å²) in [5.41, 5.74) is 1.21. The van der Waals surface area contributed by atoms with E-state index in [1.165, 1.54) is 31.2 Å². The van der Waals surface area contributed by atoms with Gasteiger partial charge in [0, 0.05) is 12.6 Å². The summed E-state index contributed by atoms with van der Waals surface area (Å²) in [6, 6.07) is 6.27. The lowest BCUT2D eigenvalue weighted by Gasteiger charge is -2.20. The molecule has 3 heteroatoms. The largest absolute Gasteiger partial charge is 0.507 e. The molecule has 0 unspecified atom stereocenters. The van der Waals surface area contributed by atoms with Crippen molar-refractivity contribution in [2.24, 2.45) is 5.92 Å². The summed E-state index contributed by atoms with van der Waals surface area (Å²) in [5, 5.41) is 13.0. The molecular formula is C14H20BrNO. The van der Waals surface area contributed by atoms with Crippen molar-refractivity contribution in [2.45, 2.75) is 45.2 Å². The molecule has 17 heavy (non-hydrogen) atoms. The Morgan fingerprint density at radius 2 is 2.12 bits per heavy atom. The van der Waals surface area contributed by atoms with Gasteiger partial charge in [-0.25, -0.2) is 0 Å². The quantitative estimate of drug-likeness (QED) is 0.885. The van der Waals surface area contributed by atoms with Crippen LogP contribution in [-0.2, 0) is 6.54 Å². The van der Waals surface area contributed by atoms with Gasteiger partial charge in [-0.3, -0.25) is 0 Å². The van der Waals surface area contributed by atoms with Crippen molar-refractivity contribution in [3.05, 3.63) is 28.2 Å². The zero-order valence-electron chi connectivity index (χ0n) is 10.2. The second kappa shape index (κ2) is 5.87. The molecule has 1 fully saturated rings. The van der Waals surface area contributed by atoms with E-state index in [0.717, 1.165) is 16.9 Å². The summed E-state index contributed by atoms with van der Waals surface area (Å²) < 4.78 is 0.769. The van der Waals surface area contributed by atoms with Gasteiger partial charge in [0.15, 0.2) is 0 Å². The van der Waals surface area contributed by atoms with Crippen molar-refractivity contribution < 1.29 is 5.11 Å². The predicted octanol–water partition coefficient (Wildman–Crippen LogP) is 3.82. The van der Waals surface area contributed by atoms with Crippen LogP contribution in [0.5, 0.6) is 5.75 Å². The first-order valence-electron chi connectivity index (χ1n) is 6.37. The Morgan fingerprint density at radius 3 is 2.76 bits per heavy atom. The average Bonchev–Trinajstić information content (AvgIpc) is 2.84. The van der Waals surface area contributed by atoms with Gasteiger partial charge < -0.3 is 10.4 Å². The van der Waals surface area contributed by atoms with Crippen LogP contribution in [0.15, 0.2) is 22.7 Å². The third kappa shape index (κ3) is 3.46. The standard InChI is InChI=1S/C14H20BrNO/c1-10(12-4-2-3-5-12)16-9-11-6-7-14(17)13(15)8-11/h6-8,10,12,16-17H,2-5,9H2,1H3/t10-/m1/s1. The molecule has 94 valence electrons. The van der Waals surface area contributed by atoms with E-state index in [1.807, 2.05) is 12.1 Å². The van der Waals surface area contributed by atoms with Crippen molar-refractivity contribution in [2.75, 3.05) is 0 Å². The maximum Gasteiger partial charge on any atom is 0.129 e. The maximum atomic E-state index is 9.43. The van der Waals surface area contributed by atoms with Crippen molar-refractivity contribution in [3.63, 3.8) is 0 Å². The Balaban J connectivity index is 1.86. The SMILES string of the molecule is C[C@@H](NCc1ccc(O)c(Br)c1)C1CCCC1. The van der Waals surface area contributed by atoms with Gasteiger partial charge >= 0.3 is 0 Å². The number of hydrogen-bond acceptors (Lipinski definition) is 2. The molecule has 1 atom stereocenters. The van der Waals surface area contributed by atoms with Crippen LogP contribution in [0.2, 0.25) is 0 Å². The molecule has 0 bridgehead atoms. The number of aromatic hydroxyl groups is 1. The van der Waals surface area contributed by atoms with Gasteiger partial charge in [0.2, 0.25) is 0 Å². The molecule has 2 N–H and O–H groups in total. The maximum absolute atomic E-state index is 9.43. The lowest BCUT2D eigenvalue weighted by molar-refractivity contribution is 0.380. The van der Waals surface area contributed by atoms with Gasteiger partial charge in [-0.1, -0.05) is 18.9 Å². The van der Waals surface area contributed by atoms with Crippen LogP contribution < -0.4 is 5.32 Å². The van der Waals surface area contributed by atoms with E-state index in [0.29, 0.717) is 11.8 Å². The van der Waals surface area contributed by atoms with Crippen molar-refractivity contribution in [3.8, 4) is 5.75 Å². The minimum atomic E-state index is 0.303. The minimum Gasteiger partial charge on any atom is -0.507 e. The molecule has 1 aromatic carbocycles. The molecule has 0 spiro atoms. The topological polar surface area (TPSA) is 32.3 Å². The first-order chi connectivity index (χ1) is 8.16. The fourth-order valence-electron chi connectivity index (χ4n) is 2.56. The minimum absolute atomic E-state index is 0.303. The fraction of sp³-hybridized carbons (Fsp3) is 0.571. The predicted molar refractivity (Wildman–Crippen MR) is 74.1 cm³/mol. The van der Waals surface area contributed by atoms with Gasteiger partial charge in [0.25, 0.3) is 0 Å². The second-order valence-corrected chi connectivity index (χ2v) is 5.85. The van der Waals surface area contributed by atoms with Gasteiger partial charge in [0.05, 0.1) is 4.47 Å². The Bertz CT molecular complexity index is 374. The monoisotopic (exact) mass is 297 g/mol. The van der Waals surface area contributed by atoms with Crippen LogP contribution in [0.25, 0.3) is 0 Å². The molecular weight excluding hydrogens is 278 g/mol. The van der Waals surface area contributed by atoms with E-state index in [4.69, 9.17) is 0 Å². The van der Waals surface area contributed by atoms with Crippen molar-refractivity contribution in [1.82, 2.24) is 5.32 Å². The third-order valence-corrected chi connectivity index (χ3v) is 4.38. The Labute approximate surface area is 112 Å². The molecule has 0 amide bonds. The summed E-state index contributed by atoms with van der Waals surface area (Å²) in [6.45, 7) is 3.15. The second-order valence-electron chi connectivity index (χ2n) is 5.00.